The smallest absolute Gasteiger partial charge is 0.119 e. The van der Waals surface area contributed by atoms with Gasteiger partial charge in [0.05, 0.1) is 6.61 Å². The van der Waals surface area contributed by atoms with Crippen molar-refractivity contribution in [2.24, 2.45) is 5.73 Å². The van der Waals surface area contributed by atoms with Gasteiger partial charge >= 0.3 is 0 Å². The van der Waals surface area contributed by atoms with Crippen LogP contribution in [0.25, 0.3) is 0 Å². The molecule has 0 bridgehead atoms. The summed E-state index contributed by atoms with van der Waals surface area (Å²) in [6.45, 7) is 5.72. The Hall–Kier alpha value is -1.02. The SMILES string of the molecule is CCOc1ccc(C2(CCN)CCC2)c(C)c1. The molecule has 0 aliphatic heterocycles. The summed E-state index contributed by atoms with van der Waals surface area (Å²) in [5.74, 6) is 0.982. The standard InChI is InChI=1S/C15H23NO/c1-3-17-13-5-6-14(12(2)11-13)15(9-10-16)7-4-8-15/h5-6,11H,3-4,7-10,16H2,1-2H3. The summed E-state index contributed by atoms with van der Waals surface area (Å²) in [7, 11) is 0. The third-order valence-electron chi connectivity index (χ3n) is 4.01. The fraction of sp³-hybridized carbons (Fsp3) is 0.600. The molecule has 2 nitrogen and oxygen atoms in total. The number of ether oxygens (including phenoxy) is 1. The molecule has 2 rings (SSSR count). The molecule has 0 saturated heterocycles. The number of hydrogen-bond donors (Lipinski definition) is 1. The molecule has 17 heavy (non-hydrogen) atoms. The quantitative estimate of drug-likeness (QED) is 0.848. The van der Waals surface area contributed by atoms with E-state index < -0.39 is 0 Å². The summed E-state index contributed by atoms with van der Waals surface area (Å²) >= 11 is 0. The first-order valence-corrected chi connectivity index (χ1v) is 6.66. The second kappa shape index (κ2) is 5.09. The third-order valence-corrected chi connectivity index (χ3v) is 4.01. The average Bonchev–Trinajstić information content (AvgIpc) is 2.25. The van der Waals surface area contributed by atoms with Crippen molar-refractivity contribution in [3.05, 3.63) is 29.3 Å². The summed E-state index contributed by atoms with van der Waals surface area (Å²) < 4.78 is 5.54. The van der Waals surface area contributed by atoms with Gasteiger partial charge in [0.1, 0.15) is 5.75 Å². The summed E-state index contributed by atoms with van der Waals surface area (Å²) in [4.78, 5) is 0. The van der Waals surface area contributed by atoms with E-state index in [-0.39, 0.29) is 0 Å². The highest BCUT2D eigenvalue weighted by Gasteiger charge is 2.38. The van der Waals surface area contributed by atoms with Gasteiger partial charge in [-0.1, -0.05) is 12.5 Å². The van der Waals surface area contributed by atoms with Crippen molar-refractivity contribution >= 4 is 0 Å². The van der Waals surface area contributed by atoms with Crippen LogP contribution in [0.1, 0.15) is 43.7 Å². The Kier molecular flexibility index (Phi) is 3.72. The van der Waals surface area contributed by atoms with Crippen molar-refractivity contribution in [1.82, 2.24) is 0 Å². The number of nitrogens with two attached hydrogens (primary N) is 1. The number of benzene rings is 1. The molecular formula is C15H23NO. The van der Waals surface area contributed by atoms with Gasteiger partial charge in [0, 0.05) is 0 Å². The molecule has 1 aliphatic rings. The molecule has 1 aromatic rings. The van der Waals surface area contributed by atoms with Crippen LogP contribution in [0.4, 0.5) is 0 Å². The Morgan fingerprint density at radius 2 is 2.12 bits per heavy atom. The Morgan fingerprint density at radius 3 is 2.59 bits per heavy atom. The van der Waals surface area contributed by atoms with Crippen molar-refractivity contribution in [3.63, 3.8) is 0 Å². The molecule has 94 valence electrons. The average molecular weight is 233 g/mol. The second-order valence-corrected chi connectivity index (χ2v) is 5.08. The molecule has 2 N–H and O–H groups in total. The van der Waals surface area contributed by atoms with Gasteiger partial charge in [-0.3, -0.25) is 0 Å². The minimum absolute atomic E-state index is 0.365. The Morgan fingerprint density at radius 1 is 1.35 bits per heavy atom. The lowest BCUT2D eigenvalue weighted by Gasteiger charge is -2.43. The van der Waals surface area contributed by atoms with Crippen molar-refractivity contribution in [1.29, 1.82) is 0 Å². The van der Waals surface area contributed by atoms with Crippen LogP contribution in [0.3, 0.4) is 0 Å². The first-order valence-electron chi connectivity index (χ1n) is 6.66. The van der Waals surface area contributed by atoms with E-state index >= 15 is 0 Å². The Labute approximate surface area is 104 Å². The van der Waals surface area contributed by atoms with Crippen LogP contribution in [0, 0.1) is 6.92 Å². The van der Waals surface area contributed by atoms with Gasteiger partial charge in [-0.15, -0.1) is 0 Å². The molecule has 0 aromatic heterocycles. The van der Waals surface area contributed by atoms with Crippen molar-refractivity contribution < 1.29 is 4.74 Å². The van der Waals surface area contributed by atoms with Crippen LogP contribution >= 0.6 is 0 Å². The monoisotopic (exact) mass is 233 g/mol. The van der Waals surface area contributed by atoms with E-state index in [0.29, 0.717) is 5.41 Å². The zero-order valence-electron chi connectivity index (χ0n) is 11.0. The zero-order valence-corrected chi connectivity index (χ0v) is 11.0. The summed E-state index contributed by atoms with van der Waals surface area (Å²) in [5.41, 5.74) is 8.96. The van der Waals surface area contributed by atoms with E-state index in [0.717, 1.165) is 25.3 Å². The molecule has 0 amide bonds. The maximum atomic E-state index is 5.76. The summed E-state index contributed by atoms with van der Waals surface area (Å²) in [5, 5.41) is 0. The van der Waals surface area contributed by atoms with Crippen molar-refractivity contribution in [2.45, 2.75) is 44.9 Å². The lowest BCUT2D eigenvalue weighted by molar-refractivity contribution is 0.228. The number of aryl methyl sites for hydroxylation is 1. The fourth-order valence-electron chi connectivity index (χ4n) is 3.02. The molecule has 0 radical (unpaired) electrons. The van der Waals surface area contributed by atoms with Crippen LogP contribution in [-0.2, 0) is 5.41 Å². The van der Waals surface area contributed by atoms with Gasteiger partial charge in [0.2, 0.25) is 0 Å². The van der Waals surface area contributed by atoms with Gasteiger partial charge in [-0.2, -0.15) is 0 Å². The second-order valence-electron chi connectivity index (χ2n) is 5.08. The van der Waals surface area contributed by atoms with Crippen LogP contribution in [0.5, 0.6) is 5.75 Å². The highest BCUT2D eigenvalue weighted by atomic mass is 16.5. The van der Waals surface area contributed by atoms with Gasteiger partial charge in [-0.05, 0) is 68.3 Å². The van der Waals surface area contributed by atoms with Crippen LogP contribution in [0.15, 0.2) is 18.2 Å². The lowest BCUT2D eigenvalue weighted by atomic mass is 9.61. The van der Waals surface area contributed by atoms with Crippen molar-refractivity contribution in [2.75, 3.05) is 13.2 Å². The minimum atomic E-state index is 0.365. The van der Waals surface area contributed by atoms with E-state index in [2.05, 4.69) is 25.1 Å². The predicted molar refractivity (Wildman–Crippen MR) is 71.5 cm³/mol. The lowest BCUT2D eigenvalue weighted by Crippen LogP contribution is -2.37. The molecule has 1 fully saturated rings. The van der Waals surface area contributed by atoms with Gasteiger partial charge in [0.25, 0.3) is 0 Å². The molecule has 0 unspecified atom stereocenters. The van der Waals surface area contributed by atoms with Crippen LogP contribution in [-0.4, -0.2) is 13.2 Å². The number of hydrogen-bond acceptors (Lipinski definition) is 2. The maximum absolute atomic E-state index is 5.76. The first kappa shape index (κ1) is 12.4. The Balaban J connectivity index is 2.25. The molecule has 1 saturated carbocycles. The fourth-order valence-corrected chi connectivity index (χ4v) is 3.02. The largest absolute Gasteiger partial charge is 0.494 e. The molecular weight excluding hydrogens is 210 g/mol. The molecule has 0 atom stereocenters. The Bertz CT molecular complexity index is 383. The van der Waals surface area contributed by atoms with Crippen molar-refractivity contribution in [3.8, 4) is 5.75 Å². The van der Waals surface area contributed by atoms with Gasteiger partial charge in [-0.25, -0.2) is 0 Å². The van der Waals surface area contributed by atoms with E-state index in [1.807, 2.05) is 6.92 Å². The minimum Gasteiger partial charge on any atom is -0.494 e. The predicted octanol–water partition coefficient (Wildman–Crippen LogP) is 3.16. The van der Waals surface area contributed by atoms with Gasteiger partial charge in [0.15, 0.2) is 0 Å². The molecule has 0 heterocycles. The normalized spacial score (nSPS) is 17.6. The summed E-state index contributed by atoms with van der Waals surface area (Å²) in [6, 6.07) is 6.51. The highest BCUT2D eigenvalue weighted by molar-refractivity contribution is 5.40. The van der Waals surface area contributed by atoms with E-state index in [9.17, 15) is 0 Å². The zero-order chi connectivity index (χ0) is 12.3. The molecule has 1 aliphatic carbocycles. The number of rotatable bonds is 5. The van der Waals surface area contributed by atoms with Crippen LogP contribution < -0.4 is 10.5 Å². The van der Waals surface area contributed by atoms with Gasteiger partial charge < -0.3 is 10.5 Å². The summed E-state index contributed by atoms with van der Waals surface area (Å²) in [6.07, 6.45) is 5.03. The molecule has 0 spiro atoms. The van der Waals surface area contributed by atoms with E-state index in [1.54, 1.807) is 0 Å². The third kappa shape index (κ3) is 2.32. The molecule has 2 heteroatoms. The first-order chi connectivity index (χ1) is 8.22. The molecule has 1 aromatic carbocycles. The highest BCUT2D eigenvalue weighted by Crippen LogP contribution is 2.47. The topological polar surface area (TPSA) is 35.2 Å². The van der Waals surface area contributed by atoms with Crippen LogP contribution in [0.2, 0.25) is 0 Å². The van der Waals surface area contributed by atoms with E-state index in [1.165, 1.54) is 30.4 Å². The van der Waals surface area contributed by atoms with E-state index in [4.69, 9.17) is 10.5 Å². The maximum Gasteiger partial charge on any atom is 0.119 e.